The van der Waals surface area contributed by atoms with Crippen LogP contribution >= 0.6 is 0 Å². The summed E-state index contributed by atoms with van der Waals surface area (Å²) in [6.45, 7) is 3.06. The van der Waals surface area contributed by atoms with Crippen molar-refractivity contribution in [1.82, 2.24) is 10.6 Å². The maximum atomic E-state index is 12.0. The molecule has 1 aliphatic carbocycles. The van der Waals surface area contributed by atoms with E-state index in [4.69, 9.17) is 0 Å². The molecule has 2 amide bonds. The number of carbonyl (C=O) groups is 2. The van der Waals surface area contributed by atoms with Gasteiger partial charge in [0.1, 0.15) is 0 Å². The number of benzene rings is 1. The molecule has 1 aromatic carbocycles. The number of nitrogens with one attached hydrogen (secondary N) is 3. The van der Waals surface area contributed by atoms with E-state index in [1.54, 1.807) is 12.1 Å². The van der Waals surface area contributed by atoms with Crippen molar-refractivity contribution in [2.45, 2.75) is 57.9 Å². The Morgan fingerprint density at radius 1 is 1.08 bits per heavy atom. The average Bonchev–Trinajstić information content (AvgIpc) is 2.61. The first-order chi connectivity index (χ1) is 11.7. The molecule has 0 unspecified atom stereocenters. The summed E-state index contributed by atoms with van der Waals surface area (Å²) in [5.41, 5.74) is 1.49. The highest BCUT2D eigenvalue weighted by molar-refractivity contribution is 5.94. The Balaban J connectivity index is 1.72. The lowest BCUT2D eigenvalue weighted by molar-refractivity contribution is -0.120. The molecule has 0 aromatic heterocycles. The van der Waals surface area contributed by atoms with Crippen LogP contribution in [-0.2, 0) is 4.79 Å². The first-order valence-corrected chi connectivity index (χ1v) is 9.10. The van der Waals surface area contributed by atoms with Crippen molar-refractivity contribution < 1.29 is 9.59 Å². The Hall–Kier alpha value is -2.04. The number of rotatable bonds is 8. The van der Waals surface area contributed by atoms with Gasteiger partial charge in [-0.15, -0.1) is 0 Å². The number of carbonyl (C=O) groups excluding carboxylic acids is 2. The summed E-state index contributed by atoms with van der Waals surface area (Å²) in [5.74, 6) is -0.0201. The van der Waals surface area contributed by atoms with Gasteiger partial charge in [0.05, 0.1) is 6.54 Å². The van der Waals surface area contributed by atoms with E-state index in [0.29, 0.717) is 18.2 Å². The predicted octanol–water partition coefficient (Wildman–Crippen LogP) is 3.08. The number of hydrogen-bond donors (Lipinski definition) is 3. The lowest BCUT2D eigenvalue weighted by Gasteiger charge is -2.22. The third-order valence-corrected chi connectivity index (χ3v) is 4.39. The normalized spacial score (nSPS) is 14.9. The van der Waals surface area contributed by atoms with Gasteiger partial charge >= 0.3 is 0 Å². The Labute approximate surface area is 144 Å². The molecule has 0 heterocycles. The van der Waals surface area contributed by atoms with E-state index >= 15 is 0 Å². The maximum Gasteiger partial charge on any atom is 0.251 e. The highest BCUT2D eigenvalue weighted by Crippen LogP contribution is 2.17. The lowest BCUT2D eigenvalue weighted by Crippen LogP contribution is -2.39. The topological polar surface area (TPSA) is 70.2 Å². The second-order valence-corrected chi connectivity index (χ2v) is 6.44. The number of amides is 2. The zero-order chi connectivity index (χ0) is 17.2. The SMILES string of the molecule is CCCCNC(=O)c1ccc(NCC(=O)NC2CCCCC2)cc1. The smallest absolute Gasteiger partial charge is 0.251 e. The summed E-state index contributed by atoms with van der Waals surface area (Å²) in [4.78, 5) is 23.9. The standard InChI is InChI=1S/C19H29N3O2/c1-2-3-13-20-19(24)15-9-11-16(12-10-15)21-14-18(23)22-17-7-5-4-6-8-17/h9-12,17,21H,2-8,13-14H2,1H3,(H,20,24)(H,22,23). The van der Waals surface area contributed by atoms with Gasteiger partial charge in [-0.05, 0) is 43.5 Å². The molecule has 1 saturated carbocycles. The third kappa shape index (κ3) is 6.22. The van der Waals surface area contributed by atoms with Gasteiger partial charge in [-0.25, -0.2) is 0 Å². The van der Waals surface area contributed by atoms with Gasteiger partial charge in [0.2, 0.25) is 5.91 Å². The fourth-order valence-electron chi connectivity index (χ4n) is 2.93. The molecule has 1 aromatic rings. The molecule has 0 atom stereocenters. The van der Waals surface area contributed by atoms with E-state index in [1.807, 2.05) is 12.1 Å². The molecule has 0 bridgehead atoms. The predicted molar refractivity (Wildman–Crippen MR) is 97.2 cm³/mol. The molecule has 5 heteroatoms. The van der Waals surface area contributed by atoms with Crippen molar-refractivity contribution in [3.8, 4) is 0 Å². The van der Waals surface area contributed by atoms with Crippen molar-refractivity contribution in [3.63, 3.8) is 0 Å². The van der Waals surface area contributed by atoms with Gasteiger partial charge in [-0.1, -0.05) is 32.6 Å². The minimum atomic E-state index is -0.0509. The van der Waals surface area contributed by atoms with Gasteiger partial charge in [0.15, 0.2) is 0 Å². The minimum Gasteiger partial charge on any atom is -0.376 e. The molecule has 0 saturated heterocycles. The van der Waals surface area contributed by atoms with Gasteiger partial charge in [-0.3, -0.25) is 9.59 Å². The van der Waals surface area contributed by atoms with E-state index in [2.05, 4.69) is 22.9 Å². The summed E-state index contributed by atoms with van der Waals surface area (Å²) in [6.07, 6.45) is 7.93. The average molecular weight is 331 g/mol. The first-order valence-electron chi connectivity index (χ1n) is 9.10. The van der Waals surface area contributed by atoms with Crippen molar-refractivity contribution in [3.05, 3.63) is 29.8 Å². The molecule has 0 spiro atoms. The lowest BCUT2D eigenvalue weighted by atomic mass is 9.95. The highest BCUT2D eigenvalue weighted by atomic mass is 16.2. The maximum absolute atomic E-state index is 12.0. The van der Waals surface area contributed by atoms with E-state index in [-0.39, 0.29) is 18.4 Å². The Kier molecular flexibility index (Phi) is 7.59. The molecule has 3 N–H and O–H groups in total. The van der Waals surface area contributed by atoms with Crippen LogP contribution in [0.2, 0.25) is 0 Å². The van der Waals surface area contributed by atoms with E-state index < -0.39 is 0 Å². The molecule has 5 nitrogen and oxygen atoms in total. The van der Waals surface area contributed by atoms with Gasteiger partial charge < -0.3 is 16.0 Å². The van der Waals surface area contributed by atoms with Crippen LogP contribution in [0.15, 0.2) is 24.3 Å². The molecular weight excluding hydrogens is 302 g/mol. The van der Waals surface area contributed by atoms with Crippen molar-refractivity contribution in [2.24, 2.45) is 0 Å². The highest BCUT2D eigenvalue weighted by Gasteiger charge is 2.15. The van der Waals surface area contributed by atoms with Gasteiger partial charge in [-0.2, -0.15) is 0 Å². The van der Waals surface area contributed by atoms with Crippen molar-refractivity contribution in [1.29, 1.82) is 0 Å². The number of unbranched alkanes of at least 4 members (excludes halogenated alkanes) is 1. The van der Waals surface area contributed by atoms with Crippen LogP contribution < -0.4 is 16.0 Å². The molecule has 24 heavy (non-hydrogen) atoms. The summed E-state index contributed by atoms with van der Waals surface area (Å²) in [6, 6.07) is 7.57. The largest absolute Gasteiger partial charge is 0.376 e. The molecule has 2 rings (SSSR count). The Morgan fingerprint density at radius 3 is 2.46 bits per heavy atom. The second kappa shape index (κ2) is 9.96. The Bertz CT molecular complexity index is 522. The second-order valence-electron chi connectivity index (χ2n) is 6.44. The van der Waals surface area contributed by atoms with Crippen LogP contribution in [0.3, 0.4) is 0 Å². The van der Waals surface area contributed by atoms with Crippen LogP contribution in [0, 0.1) is 0 Å². The number of anilines is 1. The third-order valence-electron chi connectivity index (χ3n) is 4.39. The molecule has 1 fully saturated rings. The Morgan fingerprint density at radius 2 is 1.79 bits per heavy atom. The van der Waals surface area contributed by atoms with Crippen molar-refractivity contribution in [2.75, 3.05) is 18.4 Å². The summed E-state index contributed by atoms with van der Waals surface area (Å²) in [5, 5.41) is 9.08. The van der Waals surface area contributed by atoms with Crippen LogP contribution in [0.5, 0.6) is 0 Å². The molecule has 1 aliphatic rings. The molecule has 132 valence electrons. The van der Waals surface area contributed by atoms with Crippen LogP contribution in [0.25, 0.3) is 0 Å². The monoisotopic (exact) mass is 331 g/mol. The van der Waals surface area contributed by atoms with Gasteiger partial charge in [0, 0.05) is 23.8 Å². The summed E-state index contributed by atoms with van der Waals surface area (Å²) >= 11 is 0. The van der Waals surface area contributed by atoms with E-state index in [0.717, 1.165) is 31.4 Å². The number of hydrogen-bond acceptors (Lipinski definition) is 3. The molecule has 0 aliphatic heterocycles. The molecular formula is C19H29N3O2. The molecule has 0 radical (unpaired) electrons. The summed E-state index contributed by atoms with van der Waals surface area (Å²) in [7, 11) is 0. The van der Waals surface area contributed by atoms with Crippen LogP contribution in [-0.4, -0.2) is 30.9 Å². The first kappa shape index (κ1) is 18.3. The van der Waals surface area contributed by atoms with Gasteiger partial charge in [0.25, 0.3) is 5.91 Å². The zero-order valence-corrected chi connectivity index (χ0v) is 14.6. The minimum absolute atomic E-state index is 0.0308. The van der Waals surface area contributed by atoms with E-state index in [1.165, 1.54) is 19.3 Å². The van der Waals surface area contributed by atoms with E-state index in [9.17, 15) is 9.59 Å². The summed E-state index contributed by atoms with van der Waals surface area (Å²) < 4.78 is 0. The fraction of sp³-hybridized carbons (Fsp3) is 0.579. The fourth-order valence-corrected chi connectivity index (χ4v) is 2.93. The zero-order valence-electron chi connectivity index (χ0n) is 14.6. The van der Waals surface area contributed by atoms with Crippen molar-refractivity contribution >= 4 is 17.5 Å². The van der Waals surface area contributed by atoms with Crippen LogP contribution in [0.4, 0.5) is 5.69 Å². The quantitative estimate of drug-likeness (QED) is 0.641. The van der Waals surface area contributed by atoms with Crippen LogP contribution in [0.1, 0.15) is 62.2 Å².